The fourth-order valence-corrected chi connectivity index (χ4v) is 7.64. The highest BCUT2D eigenvalue weighted by Crippen LogP contribution is 2.46. The molecule has 8 aromatic carbocycles. The Kier molecular flexibility index (Phi) is 5.80. The predicted molar refractivity (Wildman–Crippen MR) is 193 cm³/mol. The number of benzene rings is 8. The summed E-state index contributed by atoms with van der Waals surface area (Å²) >= 11 is 0. The smallest absolute Gasteiger partial charge is 0.000112 e. The Morgan fingerprint density at radius 3 is 1.40 bits per heavy atom. The quantitative estimate of drug-likeness (QED) is 0.185. The van der Waals surface area contributed by atoms with Gasteiger partial charge in [0.05, 0.1) is 0 Å². The second-order valence-corrected chi connectivity index (χ2v) is 12.6. The van der Waals surface area contributed by atoms with Crippen molar-refractivity contribution >= 4 is 32.3 Å². The third-order valence-electron chi connectivity index (χ3n) is 10.1. The van der Waals surface area contributed by atoms with Crippen molar-refractivity contribution in [3.8, 4) is 44.5 Å². The van der Waals surface area contributed by atoms with Gasteiger partial charge in [-0.1, -0.05) is 133 Å². The summed E-state index contributed by atoms with van der Waals surface area (Å²) in [4.78, 5) is 0. The molecule has 1 aliphatic rings. The maximum absolute atomic E-state index is 2.39. The molecule has 0 radical (unpaired) electrons. The molecule has 0 heterocycles. The van der Waals surface area contributed by atoms with E-state index in [2.05, 4.69) is 159 Å². The lowest BCUT2D eigenvalue weighted by Crippen LogP contribution is -1.91. The summed E-state index contributed by atoms with van der Waals surface area (Å²) in [5.74, 6) is 0. The average molecular weight is 573 g/mol. The highest BCUT2D eigenvalue weighted by atomic mass is 14.3. The zero-order valence-corrected chi connectivity index (χ0v) is 25.6. The molecule has 0 bridgehead atoms. The van der Waals surface area contributed by atoms with Crippen molar-refractivity contribution in [2.24, 2.45) is 0 Å². The van der Waals surface area contributed by atoms with Crippen LogP contribution in [0.4, 0.5) is 0 Å². The number of rotatable bonds is 3. The van der Waals surface area contributed by atoms with Crippen LogP contribution < -0.4 is 0 Å². The Labute approximate surface area is 264 Å². The van der Waals surface area contributed by atoms with Gasteiger partial charge in [-0.25, -0.2) is 0 Å². The van der Waals surface area contributed by atoms with Crippen LogP contribution in [0.3, 0.4) is 0 Å². The van der Waals surface area contributed by atoms with E-state index in [1.165, 1.54) is 99.1 Å². The molecule has 0 fully saturated rings. The second-order valence-electron chi connectivity index (χ2n) is 12.6. The lowest BCUT2D eigenvalue weighted by Gasteiger charge is -2.13. The average Bonchev–Trinajstić information content (AvgIpc) is 3.49. The van der Waals surface area contributed by atoms with E-state index in [4.69, 9.17) is 0 Å². The van der Waals surface area contributed by atoms with Crippen molar-refractivity contribution < 1.29 is 0 Å². The van der Waals surface area contributed by atoms with Crippen molar-refractivity contribution in [3.05, 3.63) is 168 Å². The summed E-state index contributed by atoms with van der Waals surface area (Å²) in [6, 6.07) is 54.3. The molecule has 0 atom stereocenters. The van der Waals surface area contributed by atoms with E-state index in [-0.39, 0.29) is 0 Å². The van der Waals surface area contributed by atoms with E-state index in [9.17, 15) is 0 Å². The zero-order valence-electron chi connectivity index (χ0n) is 25.6. The maximum atomic E-state index is 2.39. The van der Waals surface area contributed by atoms with E-state index in [1.807, 2.05) is 0 Å². The maximum Gasteiger partial charge on any atom is -0.000112 e. The number of hydrogen-bond acceptors (Lipinski definition) is 0. The van der Waals surface area contributed by atoms with E-state index in [1.54, 1.807) is 0 Å². The molecular weight excluding hydrogens is 540 g/mol. The van der Waals surface area contributed by atoms with Gasteiger partial charge in [-0.15, -0.1) is 0 Å². The van der Waals surface area contributed by atoms with Crippen LogP contribution in [0.15, 0.2) is 146 Å². The minimum absolute atomic E-state index is 0.948. The molecule has 8 aromatic rings. The Morgan fingerprint density at radius 1 is 0.311 bits per heavy atom. The number of fused-ring (bicyclic) bond motifs is 9. The summed E-state index contributed by atoms with van der Waals surface area (Å²) in [5.41, 5.74) is 16.0. The molecule has 0 saturated carbocycles. The molecule has 0 amide bonds. The molecule has 0 spiro atoms. The van der Waals surface area contributed by atoms with Gasteiger partial charge in [-0.2, -0.15) is 0 Å². The fourth-order valence-electron chi connectivity index (χ4n) is 7.64. The Morgan fingerprint density at radius 2 is 0.778 bits per heavy atom. The topological polar surface area (TPSA) is 0 Å². The molecule has 1 aliphatic carbocycles. The van der Waals surface area contributed by atoms with Gasteiger partial charge in [0.2, 0.25) is 0 Å². The Bertz CT molecular complexity index is 2440. The SMILES string of the molecule is Cc1ccc(-c2cccc3c2Cc2c(-c4cccc(-c5ccc6c7ccccc7c7ccccc7c6c5)c4)cccc2-3)cc1C. The largest absolute Gasteiger partial charge is 0.0616 e. The summed E-state index contributed by atoms with van der Waals surface area (Å²) in [6.45, 7) is 4.40. The first-order valence-corrected chi connectivity index (χ1v) is 15.9. The third-order valence-corrected chi connectivity index (χ3v) is 10.1. The van der Waals surface area contributed by atoms with Gasteiger partial charge in [0, 0.05) is 0 Å². The predicted octanol–water partition coefficient (Wildman–Crippen LogP) is 12.3. The van der Waals surface area contributed by atoms with E-state index >= 15 is 0 Å². The summed E-state index contributed by atoms with van der Waals surface area (Å²) < 4.78 is 0. The fraction of sp³-hybridized carbons (Fsp3) is 0.0667. The van der Waals surface area contributed by atoms with Crippen LogP contribution in [-0.2, 0) is 6.42 Å². The highest BCUT2D eigenvalue weighted by Gasteiger charge is 2.24. The van der Waals surface area contributed by atoms with Crippen molar-refractivity contribution in [3.63, 3.8) is 0 Å². The summed E-state index contributed by atoms with van der Waals surface area (Å²) in [7, 11) is 0. The van der Waals surface area contributed by atoms with Gasteiger partial charge >= 0.3 is 0 Å². The minimum atomic E-state index is 0.948. The lowest BCUT2D eigenvalue weighted by atomic mass is 9.90. The van der Waals surface area contributed by atoms with Gasteiger partial charge in [0.25, 0.3) is 0 Å². The second kappa shape index (κ2) is 10.0. The van der Waals surface area contributed by atoms with Crippen LogP contribution in [0.1, 0.15) is 22.3 Å². The molecule has 0 heteroatoms. The van der Waals surface area contributed by atoms with Crippen LogP contribution in [0.25, 0.3) is 76.8 Å². The molecule has 0 aromatic heterocycles. The molecule has 0 aliphatic heterocycles. The van der Waals surface area contributed by atoms with Crippen LogP contribution in [0.2, 0.25) is 0 Å². The number of aryl methyl sites for hydroxylation is 2. The standard InChI is InChI=1S/C45H32/c1-28-20-21-33(24-29(28)2)35-17-9-19-41-40-18-8-16-34(44(40)27-45(35)41)32-11-7-10-30(25-32)31-22-23-42-38-14-4-3-12-36(38)37-13-5-6-15-39(37)43(42)26-31/h3-26H,27H2,1-2H3. The summed E-state index contributed by atoms with van der Waals surface area (Å²) in [6.07, 6.45) is 0.948. The Hall–Kier alpha value is -5.46. The molecular formula is C45H32. The van der Waals surface area contributed by atoms with Gasteiger partial charge in [0.1, 0.15) is 0 Å². The number of hydrogen-bond donors (Lipinski definition) is 0. The molecule has 0 nitrogen and oxygen atoms in total. The molecule has 0 unspecified atom stereocenters. The minimum Gasteiger partial charge on any atom is -0.0616 e. The first kappa shape index (κ1) is 26.0. The van der Waals surface area contributed by atoms with E-state index in [0.29, 0.717) is 0 Å². The van der Waals surface area contributed by atoms with Crippen molar-refractivity contribution in [2.45, 2.75) is 20.3 Å². The zero-order chi connectivity index (χ0) is 30.1. The molecule has 9 rings (SSSR count). The van der Waals surface area contributed by atoms with Crippen LogP contribution >= 0.6 is 0 Å². The van der Waals surface area contributed by atoms with Gasteiger partial charge in [-0.3, -0.25) is 0 Å². The Balaban J connectivity index is 1.16. The molecule has 0 N–H and O–H groups in total. The van der Waals surface area contributed by atoms with E-state index < -0.39 is 0 Å². The van der Waals surface area contributed by atoms with Crippen LogP contribution in [-0.4, -0.2) is 0 Å². The molecule has 212 valence electrons. The summed E-state index contributed by atoms with van der Waals surface area (Å²) in [5, 5.41) is 7.86. The first-order chi connectivity index (χ1) is 22.1. The van der Waals surface area contributed by atoms with Gasteiger partial charge in [-0.05, 0) is 131 Å². The van der Waals surface area contributed by atoms with Gasteiger partial charge in [0.15, 0.2) is 0 Å². The lowest BCUT2D eigenvalue weighted by molar-refractivity contribution is 1.26. The molecule has 45 heavy (non-hydrogen) atoms. The van der Waals surface area contributed by atoms with Crippen molar-refractivity contribution in [2.75, 3.05) is 0 Å². The third kappa shape index (κ3) is 4.06. The monoisotopic (exact) mass is 572 g/mol. The highest BCUT2D eigenvalue weighted by molar-refractivity contribution is 6.25. The van der Waals surface area contributed by atoms with Gasteiger partial charge < -0.3 is 0 Å². The normalized spacial score (nSPS) is 12.1. The first-order valence-electron chi connectivity index (χ1n) is 15.9. The van der Waals surface area contributed by atoms with Crippen LogP contribution in [0.5, 0.6) is 0 Å². The molecule has 0 saturated heterocycles. The van der Waals surface area contributed by atoms with E-state index in [0.717, 1.165) is 6.42 Å². The van der Waals surface area contributed by atoms with Crippen LogP contribution in [0, 0.1) is 13.8 Å². The van der Waals surface area contributed by atoms with Crippen molar-refractivity contribution in [1.82, 2.24) is 0 Å². The van der Waals surface area contributed by atoms with Crippen molar-refractivity contribution in [1.29, 1.82) is 0 Å².